The number of nitrogens with two attached hydrogens (primary N) is 1. The maximum absolute atomic E-state index is 6.24. The molecule has 0 aromatic heterocycles. The van der Waals surface area contributed by atoms with Gasteiger partial charge in [-0.1, -0.05) is 19.1 Å². The van der Waals surface area contributed by atoms with Gasteiger partial charge >= 0.3 is 0 Å². The van der Waals surface area contributed by atoms with Gasteiger partial charge in [-0.15, -0.1) is 0 Å². The summed E-state index contributed by atoms with van der Waals surface area (Å²) in [6, 6.07) is 8.11. The second-order valence-corrected chi connectivity index (χ2v) is 5.53. The zero-order valence-electron chi connectivity index (χ0n) is 12.6. The fourth-order valence-electron chi connectivity index (χ4n) is 1.83. The van der Waals surface area contributed by atoms with E-state index in [4.69, 9.17) is 15.2 Å². The normalized spacial score (nSPS) is 13.3. The van der Waals surface area contributed by atoms with Crippen molar-refractivity contribution in [3.05, 3.63) is 29.8 Å². The van der Waals surface area contributed by atoms with Gasteiger partial charge < -0.3 is 15.2 Å². The van der Waals surface area contributed by atoms with Gasteiger partial charge in [0, 0.05) is 13.2 Å². The Morgan fingerprint density at radius 2 is 2.05 bits per heavy atom. The lowest BCUT2D eigenvalue weighted by molar-refractivity contribution is 0.0125. The number of hydrogen-bond donors (Lipinski definition) is 1. The van der Waals surface area contributed by atoms with Crippen molar-refractivity contribution >= 4 is 0 Å². The number of benzene rings is 1. The van der Waals surface area contributed by atoms with Crippen LogP contribution in [-0.4, -0.2) is 19.3 Å². The molecule has 0 aliphatic heterocycles. The average molecular weight is 265 g/mol. The number of ether oxygens (including phenoxy) is 2. The largest absolute Gasteiger partial charge is 0.494 e. The first kappa shape index (κ1) is 16.0. The highest BCUT2D eigenvalue weighted by atomic mass is 16.5. The van der Waals surface area contributed by atoms with Crippen molar-refractivity contribution in [1.29, 1.82) is 0 Å². The van der Waals surface area contributed by atoms with E-state index in [9.17, 15) is 0 Å². The minimum Gasteiger partial charge on any atom is -0.494 e. The lowest BCUT2D eigenvalue weighted by Gasteiger charge is -2.24. The van der Waals surface area contributed by atoms with Crippen LogP contribution in [0.2, 0.25) is 0 Å². The van der Waals surface area contributed by atoms with Crippen molar-refractivity contribution in [2.75, 3.05) is 13.7 Å². The summed E-state index contributed by atoms with van der Waals surface area (Å²) < 4.78 is 11.1. The molecule has 1 atom stereocenters. The predicted octanol–water partition coefficient (Wildman–Crippen LogP) is 3.68. The molecule has 0 aliphatic carbocycles. The Labute approximate surface area is 117 Å². The van der Waals surface area contributed by atoms with Crippen molar-refractivity contribution in [2.24, 2.45) is 5.73 Å². The van der Waals surface area contributed by atoms with E-state index in [1.807, 2.05) is 18.2 Å². The Kier molecular flexibility index (Phi) is 6.32. The Bertz CT molecular complexity index is 377. The molecular formula is C16H27NO2. The fraction of sp³-hybridized carbons (Fsp3) is 0.625. The number of methoxy groups -OCH3 is 1. The SMILES string of the molecule is CCCOc1cccc(C(N)CCC(C)(C)OC)c1. The Morgan fingerprint density at radius 1 is 1.32 bits per heavy atom. The quantitative estimate of drug-likeness (QED) is 0.779. The molecule has 3 heteroatoms. The average Bonchev–Trinajstić information content (AvgIpc) is 2.43. The highest BCUT2D eigenvalue weighted by Gasteiger charge is 2.18. The highest BCUT2D eigenvalue weighted by molar-refractivity contribution is 5.30. The van der Waals surface area contributed by atoms with Crippen molar-refractivity contribution < 1.29 is 9.47 Å². The fourth-order valence-corrected chi connectivity index (χ4v) is 1.83. The first-order chi connectivity index (χ1) is 8.98. The molecule has 0 fully saturated rings. The summed E-state index contributed by atoms with van der Waals surface area (Å²) in [4.78, 5) is 0. The van der Waals surface area contributed by atoms with E-state index in [1.165, 1.54) is 0 Å². The Hall–Kier alpha value is -1.06. The van der Waals surface area contributed by atoms with Crippen molar-refractivity contribution in [1.82, 2.24) is 0 Å². The predicted molar refractivity (Wildman–Crippen MR) is 79.5 cm³/mol. The molecule has 19 heavy (non-hydrogen) atoms. The molecule has 108 valence electrons. The van der Waals surface area contributed by atoms with E-state index in [0.717, 1.165) is 37.2 Å². The van der Waals surface area contributed by atoms with E-state index in [2.05, 4.69) is 26.8 Å². The van der Waals surface area contributed by atoms with Gasteiger partial charge in [0.2, 0.25) is 0 Å². The molecule has 0 aliphatic rings. The number of hydrogen-bond acceptors (Lipinski definition) is 3. The summed E-state index contributed by atoms with van der Waals surface area (Å²) in [7, 11) is 1.74. The van der Waals surface area contributed by atoms with Gasteiger partial charge in [-0.3, -0.25) is 0 Å². The summed E-state index contributed by atoms with van der Waals surface area (Å²) in [5.74, 6) is 0.904. The van der Waals surface area contributed by atoms with E-state index >= 15 is 0 Å². The Morgan fingerprint density at radius 3 is 2.68 bits per heavy atom. The molecule has 3 nitrogen and oxygen atoms in total. The summed E-state index contributed by atoms with van der Waals surface area (Å²) in [6.45, 7) is 7.01. The van der Waals surface area contributed by atoms with Crippen LogP contribution in [0.25, 0.3) is 0 Å². The lowest BCUT2D eigenvalue weighted by atomic mass is 9.95. The molecule has 0 saturated heterocycles. The van der Waals surface area contributed by atoms with Gasteiger partial charge in [0.05, 0.1) is 12.2 Å². The van der Waals surface area contributed by atoms with Crippen LogP contribution >= 0.6 is 0 Å². The van der Waals surface area contributed by atoms with Crippen molar-refractivity contribution in [3.63, 3.8) is 0 Å². The van der Waals surface area contributed by atoms with Crippen molar-refractivity contribution in [2.45, 2.75) is 51.7 Å². The van der Waals surface area contributed by atoms with Crippen LogP contribution in [0.3, 0.4) is 0 Å². The van der Waals surface area contributed by atoms with Crippen LogP contribution in [0.15, 0.2) is 24.3 Å². The third-order valence-corrected chi connectivity index (χ3v) is 3.37. The van der Waals surface area contributed by atoms with E-state index < -0.39 is 0 Å². The smallest absolute Gasteiger partial charge is 0.119 e. The van der Waals surface area contributed by atoms with Crippen LogP contribution < -0.4 is 10.5 Å². The highest BCUT2D eigenvalue weighted by Crippen LogP contribution is 2.25. The standard InChI is InChI=1S/C16H27NO2/c1-5-11-19-14-8-6-7-13(12-14)15(17)9-10-16(2,3)18-4/h6-8,12,15H,5,9-11,17H2,1-4H3. The van der Waals surface area contributed by atoms with Gasteiger partial charge in [0.15, 0.2) is 0 Å². The topological polar surface area (TPSA) is 44.5 Å². The van der Waals surface area contributed by atoms with Gasteiger partial charge in [-0.2, -0.15) is 0 Å². The van der Waals surface area contributed by atoms with E-state index in [-0.39, 0.29) is 11.6 Å². The van der Waals surface area contributed by atoms with Crippen LogP contribution in [0.4, 0.5) is 0 Å². The van der Waals surface area contributed by atoms with Gasteiger partial charge in [0.25, 0.3) is 0 Å². The maximum atomic E-state index is 6.24. The minimum absolute atomic E-state index is 0.0274. The van der Waals surface area contributed by atoms with E-state index in [1.54, 1.807) is 7.11 Å². The monoisotopic (exact) mass is 265 g/mol. The lowest BCUT2D eigenvalue weighted by Crippen LogP contribution is -2.24. The van der Waals surface area contributed by atoms with Gasteiger partial charge in [0.1, 0.15) is 5.75 Å². The van der Waals surface area contributed by atoms with E-state index in [0.29, 0.717) is 0 Å². The zero-order chi connectivity index (χ0) is 14.3. The summed E-state index contributed by atoms with van der Waals surface area (Å²) in [5.41, 5.74) is 7.25. The molecule has 0 heterocycles. The molecule has 0 bridgehead atoms. The molecule has 0 amide bonds. The van der Waals surface area contributed by atoms with Gasteiger partial charge in [-0.05, 0) is 50.8 Å². The molecule has 2 N–H and O–H groups in total. The van der Waals surface area contributed by atoms with Gasteiger partial charge in [-0.25, -0.2) is 0 Å². The van der Waals surface area contributed by atoms with Crippen molar-refractivity contribution in [3.8, 4) is 5.75 Å². The van der Waals surface area contributed by atoms with Crippen LogP contribution in [0.1, 0.15) is 51.6 Å². The zero-order valence-corrected chi connectivity index (χ0v) is 12.6. The maximum Gasteiger partial charge on any atom is 0.119 e. The molecule has 1 unspecified atom stereocenters. The second kappa shape index (κ2) is 7.51. The third kappa shape index (κ3) is 5.62. The Balaban J connectivity index is 2.58. The summed E-state index contributed by atoms with van der Waals surface area (Å²) in [6.07, 6.45) is 2.85. The molecule has 0 radical (unpaired) electrons. The third-order valence-electron chi connectivity index (χ3n) is 3.37. The second-order valence-electron chi connectivity index (χ2n) is 5.53. The van der Waals surface area contributed by atoms with Crippen LogP contribution in [0, 0.1) is 0 Å². The minimum atomic E-state index is -0.117. The summed E-state index contributed by atoms with van der Waals surface area (Å²) in [5, 5.41) is 0. The first-order valence-electron chi connectivity index (χ1n) is 7.02. The molecule has 1 aromatic carbocycles. The summed E-state index contributed by atoms with van der Waals surface area (Å²) >= 11 is 0. The molecule has 1 aromatic rings. The molecule has 0 spiro atoms. The molecule has 0 saturated carbocycles. The number of rotatable bonds is 8. The van der Waals surface area contributed by atoms with Crippen LogP contribution in [-0.2, 0) is 4.74 Å². The molecule has 1 rings (SSSR count). The first-order valence-corrected chi connectivity index (χ1v) is 7.02. The van der Waals surface area contributed by atoms with Crippen LogP contribution in [0.5, 0.6) is 5.75 Å². The molecular weight excluding hydrogens is 238 g/mol.